The van der Waals surface area contributed by atoms with Gasteiger partial charge in [0.1, 0.15) is 0 Å². The van der Waals surface area contributed by atoms with Gasteiger partial charge in [-0.1, -0.05) is 364 Å². The first-order valence-electron chi connectivity index (χ1n) is 37.7. The van der Waals surface area contributed by atoms with Crippen molar-refractivity contribution in [3.05, 3.63) is 400 Å². The standard InChI is InChI=1S/C56H35NSi.C48H31NSi/c1-3-19-40-36(15-1)17-13-26-42(40)38-31-32-51-54(34-38)58(52-29-11-8-24-47(52)48-25-9-12-30-53(48)58)55-35-39(43-27-14-18-37-16-2-4-20-41(37)43)33-49-45-22-6-5-21-44(45)46-23-7-10-28-50(46)57(51)56(49)55;1-3-15-32(16-4-1)34-27-28-43-46(30-34)50(44-25-13-10-22-39(44)40-23-11-14-26-45(40)50)47-31-35(33-17-5-2-6-18-33)29-41-37-20-8-7-19-36(37)38-21-9-12-24-42(38)49(43)48(41)47/h1-35H;1-31H. The molecular weight excluding hydrogens is 1330 g/mol. The number of hydrogen-bond donors (Lipinski definition) is 0. The van der Waals surface area contributed by atoms with Crippen LogP contribution in [0, 0.1) is 0 Å². The minimum absolute atomic E-state index is 1.22. The molecule has 18 aromatic rings. The first-order valence-corrected chi connectivity index (χ1v) is 41.7. The second-order valence-corrected chi connectivity index (χ2v) is 36.9. The largest absolute Gasteiger partial charge is 0.309 e. The fraction of sp³-hybridized carbons (Fsp3) is 0. The Morgan fingerprint density at radius 3 is 0.917 bits per heavy atom. The highest BCUT2D eigenvalue weighted by Crippen LogP contribution is 2.57. The molecule has 108 heavy (non-hydrogen) atoms. The summed E-state index contributed by atoms with van der Waals surface area (Å²) in [6.45, 7) is 0. The van der Waals surface area contributed by atoms with E-state index in [0.717, 1.165) is 0 Å². The maximum atomic E-state index is 2.64. The van der Waals surface area contributed by atoms with E-state index in [1.54, 1.807) is 0 Å². The molecule has 0 N–H and O–H groups in total. The maximum absolute atomic E-state index is 3.03. The Labute approximate surface area is 630 Å². The number of hydrogen-bond acceptors (Lipinski definition) is 2. The Bertz CT molecular complexity index is 6750. The van der Waals surface area contributed by atoms with Gasteiger partial charge in [-0.3, -0.25) is 0 Å². The molecule has 6 heterocycles. The lowest BCUT2D eigenvalue weighted by molar-refractivity contribution is 1.30. The molecule has 4 heteroatoms. The third-order valence-corrected chi connectivity index (χ3v) is 34.2. The van der Waals surface area contributed by atoms with Gasteiger partial charge in [-0.25, -0.2) is 0 Å². The van der Waals surface area contributed by atoms with Crippen LogP contribution < -0.4 is 51.3 Å². The van der Waals surface area contributed by atoms with Crippen molar-refractivity contribution in [2.24, 2.45) is 0 Å². The van der Waals surface area contributed by atoms with Crippen LogP contribution in [0.4, 0.5) is 34.1 Å². The Morgan fingerprint density at radius 2 is 0.454 bits per heavy atom. The lowest BCUT2D eigenvalue weighted by atomic mass is 9.91. The van der Waals surface area contributed by atoms with Crippen molar-refractivity contribution in [2.75, 3.05) is 9.80 Å². The van der Waals surface area contributed by atoms with E-state index in [1.807, 2.05) is 0 Å². The summed E-state index contributed by atoms with van der Waals surface area (Å²) in [5.74, 6) is 0. The lowest BCUT2D eigenvalue weighted by Gasteiger charge is -2.45. The molecule has 0 bridgehead atoms. The highest BCUT2D eigenvalue weighted by atomic mass is 28.3. The van der Waals surface area contributed by atoms with E-state index in [-0.39, 0.29) is 0 Å². The minimum atomic E-state index is -3.03. The van der Waals surface area contributed by atoms with Crippen LogP contribution in [0.15, 0.2) is 400 Å². The zero-order valence-electron chi connectivity index (χ0n) is 59.0. The summed E-state index contributed by atoms with van der Waals surface area (Å²) in [5, 5.41) is 16.7. The van der Waals surface area contributed by atoms with Gasteiger partial charge in [0.15, 0.2) is 16.1 Å². The van der Waals surface area contributed by atoms with Gasteiger partial charge >= 0.3 is 0 Å². The van der Waals surface area contributed by atoms with E-state index in [1.165, 1.54) is 208 Å². The number of nitrogens with zero attached hydrogens (tertiary/aromatic N) is 2. The van der Waals surface area contributed by atoms with Crippen LogP contribution in [0.3, 0.4) is 0 Å². The normalized spacial score (nSPS) is 13.7. The maximum Gasteiger partial charge on any atom is 0.185 e. The molecule has 0 atom stereocenters. The zero-order chi connectivity index (χ0) is 70.8. The van der Waals surface area contributed by atoms with Crippen molar-refractivity contribution in [3.8, 4) is 111 Å². The summed E-state index contributed by atoms with van der Waals surface area (Å²) in [4.78, 5) is 5.25. The van der Waals surface area contributed by atoms with Crippen molar-refractivity contribution in [1.29, 1.82) is 0 Å². The molecule has 2 spiro atoms. The summed E-state index contributed by atoms with van der Waals surface area (Å²) in [6.07, 6.45) is 0. The predicted molar refractivity (Wildman–Crippen MR) is 460 cm³/mol. The topological polar surface area (TPSA) is 6.48 Å². The van der Waals surface area contributed by atoms with Crippen LogP contribution in [-0.2, 0) is 0 Å². The summed E-state index contributed by atoms with van der Waals surface area (Å²) in [5.41, 5.74) is 33.3. The lowest BCUT2D eigenvalue weighted by Crippen LogP contribution is -2.75. The van der Waals surface area contributed by atoms with Crippen LogP contribution in [0.2, 0.25) is 0 Å². The zero-order valence-corrected chi connectivity index (χ0v) is 61.0. The van der Waals surface area contributed by atoms with Gasteiger partial charge in [0.2, 0.25) is 0 Å². The summed E-state index contributed by atoms with van der Waals surface area (Å²) in [6, 6.07) is 151. The van der Waals surface area contributed by atoms with Crippen LogP contribution in [0.5, 0.6) is 0 Å². The summed E-state index contributed by atoms with van der Waals surface area (Å²) in [7, 11) is -5.92. The van der Waals surface area contributed by atoms with E-state index in [4.69, 9.17) is 0 Å². The molecule has 0 radical (unpaired) electrons. The van der Waals surface area contributed by atoms with E-state index in [9.17, 15) is 0 Å². The van der Waals surface area contributed by atoms with Crippen molar-refractivity contribution in [1.82, 2.24) is 0 Å². The van der Waals surface area contributed by atoms with E-state index >= 15 is 0 Å². The highest BCUT2D eigenvalue weighted by Gasteiger charge is 2.57. The molecule has 0 amide bonds. The second kappa shape index (κ2) is 23.5. The van der Waals surface area contributed by atoms with E-state index in [0.29, 0.717) is 0 Å². The third-order valence-electron chi connectivity index (χ3n) is 24.4. The van der Waals surface area contributed by atoms with Crippen LogP contribution >= 0.6 is 0 Å². The molecule has 6 aliphatic rings. The predicted octanol–water partition coefficient (Wildman–Crippen LogP) is 21.9. The average molecular weight is 1400 g/mol. The molecule has 0 saturated carbocycles. The third kappa shape index (κ3) is 8.47. The van der Waals surface area contributed by atoms with Gasteiger partial charge < -0.3 is 9.80 Å². The number of rotatable bonds is 4. The van der Waals surface area contributed by atoms with Crippen molar-refractivity contribution < 1.29 is 0 Å². The molecule has 2 nitrogen and oxygen atoms in total. The van der Waals surface area contributed by atoms with Gasteiger partial charge in [0.25, 0.3) is 0 Å². The van der Waals surface area contributed by atoms with Crippen molar-refractivity contribution in [2.45, 2.75) is 0 Å². The molecule has 0 aliphatic carbocycles. The first kappa shape index (κ1) is 60.9. The van der Waals surface area contributed by atoms with Crippen LogP contribution in [0.25, 0.3) is 133 Å². The number of para-hydroxylation sites is 2. The molecule has 18 aromatic carbocycles. The molecular formula is C104H66N2Si2. The SMILES string of the molecule is c1ccc(-c2ccc3c(c2)[Si]2(c4ccccc4-c4ccccc42)c2cc(-c4ccccc4)cc4c2N3c2ccccc2-c2ccccc2-4)cc1.c1ccc2c(c1)-c1ccccc1N1c3ccc(-c4cccc5ccccc45)cc3[Si]3(c4ccccc4-c4ccccc43)c3cc(-c4cccc5ccccc45)cc-2c31. The summed E-state index contributed by atoms with van der Waals surface area (Å²) < 4.78 is 0. The number of anilines is 6. The minimum Gasteiger partial charge on any atom is -0.309 e. The molecule has 0 unspecified atom stereocenters. The van der Waals surface area contributed by atoms with Gasteiger partial charge in [0, 0.05) is 33.6 Å². The summed E-state index contributed by atoms with van der Waals surface area (Å²) >= 11 is 0. The van der Waals surface area contributed by atoms with Gasteiger partial charge in [-0.15, -0.1) is 0 Å². The van der Waals surface area contributed by atoms with E-state index < -0.39 is 16.1 Å². The number of benzene rings is 18. The van der Waals surface area contributed by atoms with Crippen LogP contribution in [0.1, 0.15) is 0 Å². The Hall–Kier alpha value is -13.5. The van der Waals surface area contributed by atoms with Crippen molar-refractivity contribution in [3.63, 3.8) is 0 Å². The Morgan fingerprint density at radius 1 is 0.148 bits per heavy atom. The Kier molecular flexibility index (Phi) is 13.3. The molecule has 500 valence electrons. The Balaban J connectivity index is 0.000000132. The fourth-order valence-electron chi connectivity index (χ4n) is 20.0. The fourth-order valence-corrected chi connectivity index (χ4v) is 31.2. The molecule has 0 saturated heterocycles. The first-order chi connectivity index (χ1) is 53.6. The van der Waals surface area contributed by atoms with Crippen LogP contribution in [-0.4, -0.2) is 16.1 Å². The molecule has 6 aliphatic heterocycles. The second-order valence-electron chi connectivity index (χ2n) is 29.6. The highest BCUT2D eigenvalue weighted by molar-refractivity contribution is 7.24. The number of fused-ring (bicyclic) bond motifs is 30. The molecule has 0 aromatic heterocycles. The van der Waals surface area contributed by atoms with E-state index in [2.05, 4.69) is 410 Å². The quantitative estimate of drug-likeness (QED) is 0.162. The monoisotopic (exact) mass is 1400 g/mol. The average Bonchev–Trinajstić information content (AvgIpc) is 1.44. The van der Waals surface area contributed by atoms with Gasteiger partial charge in [-0.2, -0.15) is 0 Å². The molecule has 0 fully saturated rings. The van der Waals surface area contributed by atoms with Gasteiger partial charge in [0.05, 0.1) is 22.7 Å². The van der Waals surface area contributed by atoms with Gasteiger partial charge in [-0.05, 0) is 188 Å². The van der Waals surface area contributed by atoms with Crippen molar-refractivity contribution >= 4 is 113 Å². The molecule has 24 rings (SSSR count). The smallest absolute Gasteiger partial charge is 0.185 e.